The van der Waals surface area contributed by atoms with Crippen molar-refractivity contribution in [2.75, 3.05) is 13.7 Å². The van der Waals surface area contributed by atoms with E-state index in [1.54, 1.807) is 37.4 Å². The highest BCUT2D eigenvalue weighted by Crippen LogP contribution is 2.38. The number of hydrogen-bond acceptors (Lipinski definition) is 7. The second-order valence-electron chi connectivity index (χ2n) is 8.72. The van der Waals surface area contributed by atoms with Gasteiger partial charge < -0.3 is 14.6 Å². The highest BCUT2D eigenvalue weighted by Gasteiger charge is 2.30. The number of ether oxygens (including phenoxy) is 2. The van der Waals surface area contributed by atoms with Crippen molar-refractivity contribution in [3.05, 3.63) is 106 Å². The zero-order valence-corrected chi connectivity index (χ0v) is 22.9. The lowest BCUT2D eigenvalue weighted by molar-refractivity contribution is -0.121. The van der Waals surface area contributed by atoms with Crippen molar-refractivity contribution < 1.29 is 24.2 Å². The third-order valence-electron chi connectivity index (χ3n) is 5.95. The normalized spacial score (nSPS) is 14.8. The number of aliphatic imine (C=N–C) groups is 1. The van der Waals surface area contributed by atoms with Crippen LogP contribution in [0.3, 0.4) is 0 Å². The molecule has 9 heteroatoms. The number of rotatable bonds is 10. The third-order valence-corrected chi connectivity index (χ3v) is 7.01. The van der Waals surface area contributed by atoms with E-state index in [2.05, 4.69) is 17.6 Å². The fourth-order valence-corrected chi connectivity index (χ4v) is 5.01. The van der Waals surface area contributed by atoms with Gasteiger partial charge in [0.05, 0.1) is 34.4 Å². The molecule has 3 aromatic rings. The van der Waals surface area contributed by atoms with Crippen LogP contribution in [0.4, 0.5) is 5.69 Å². The number of thioether (sulfide) groups is 1. The first-order valence-electron chi connectivity index (χ1n) is 12.5. The summed E-state index contributed by atoms with van der Waals surface area (Å²) < 4.78 is 12.1. The van der Waals surface area contributed by atoms with Gasteiger partial charge >= 0.3 is 5.97 Å². The minimum atomic E-state index is -1.05. The van der Waals surface area contributed by atoms with E-state index < -0.39 is 5.97 Å². The predicted octanol–water partition coefficient (Wildman–Crippen LogP) is 6.20. The zero-order valence-electron chi connectivity index (χ0n) is 22.1. The summed E-state index contributed by atoms with van der Waals surface area (Å²) in [6.45, 7) is 6.34. The molecule has 40 heavy (non-hydrogen) atoms. The lowest BCUT2D eigenvalue weighted by Crippen LogP contribution is -2.23. The first-order valence-corrected chi connectivity index (χ1v) is 13.3. The number of benzene rings is 3. The van der Waals surface area contributed by atoms with Crippen LogP contribution in [0.2, 0.25) is 0 Å². The van der Waals surface area contributed by atoms with E-state index in [1.165, 1.54) is 28.8 Å². The molecule has 0 unspecified atom stereocenters. The maximum absolute atomic E-state index is 13.1. The van der Waals surface area contributed by atoms with Crippen molar-refractivity contribution in [1.29, 1.82) is 5.26 Å². The van der Waals surface area contributed by atoms with Gasteiger partial charge in [0.25, 0.3) is 5.91 Å². The van der Waals surface area contributed by atoms with Crippen LogP contribution in [0, 0.1) is 11.3 Å². The SMILES string of the molecule is C=CCc1cc(C=C2SC(=Nc3cccc(C(=O)O)c3)N(C)C2=O)cc(OCC)c1OCc1ccccc1C#N. The first-order chi connectivity index (χ1) is 19.3. The molecular formula is C31H27N3O5S. The molecule has 0 aromatic heterocycles. The molecule has 0 atom stereocenters. The van der Waals surface area contributed by atoms with Crippen molar-refractivity contribution in [3.63, 3.8) is 0 Å². The molecule has 3 aromatic carbocycles. The molecule has 202 valence electrons. The first kappa shape index (κ1) is 28.2. The summed E-state index contributed by atoms with van der Waals surface area (Å²) >= 11 is 1.20. The van der Waals surface area contributed by atoms with Gasteiger partial charge in [-0.05, 0) is 73.1 Å². The number of nitrogens with zero attached hydrogens (tertiary/aromatic N) is 3. The second kappa shape index (κ2) is 12.8. The molecule has 0 spiro atoms. The summed E-state index contributed by atoms with van der Waals surface area (Å²) in [6.07, 6.45) is 4.03. The van der Waals surface area contributed by atoms with Crippen molar-refractivity contribution >= 4 is 40.6 Å². The standard InChI is InChI=1S/C31H27N3O5S/c1-4-9-21-14-20(15-26(38-5-2)28(21)39-19-24-11-7-6-10-23(24)18-32)16-27-29(35)34(3)31(40-27)33-25-13-8-12-22(17-25)30(36)37/h4,6-8,10-17H,1,5,9,19H2,2-3H3,(H,36,37). The molecule has 1 aliphatic rings. The number of nitriles is 1. The largest absolute Gasteiger partial charge is 0.490 e. The molecule has 0 bridgehead atoms. The molecule has 1 amide bonds. The number of carboxylic acid groups (broad SMARTS) is 1. The van der Waals surface area contributed by atoms with Crippen LogP contribution in [-0.2, 0) is 17.8 Å². The predicted molar refractivity (Wildman–Crippen MR) is 156 cm³/mol. The van der Waals surface area contributed by atoms with Crippen LogP contribution >= 0.6 is 11.8 Å². The fraction of sp³-hybridized carbons (Fsp3) is 0.161. The summed E-state index contributed by atoms with van der Waals surface area (Å²) in [5.41, 5.74) is 3.43. The number of carboxylic acids is 1. The molecular weight excluding hydrogens is 526 g/mol. The van der Waals surface area contributed by atoms with E-state index in [0.29, 0.717) is 45.9 Å². The smallest absolute Gasteiger partial charge is 0.335 e. The Balaban J connectivity index is 1.66. The van der Waals surface area contributed by atoms with Crippen LogP contribution in [0.5, 0.6) is 11.5 Å². The highest BCUT2D eigenvalue weighted by molar-refractivity contribution is 8.18. The number of carbonyl (C=O) groups is 2. The van der Waals surface area contributed by atoms with Gasteiger partial charge in [-0.2, -0.15) is 5.26 Å². The van der Waals surface area contributed by atoms with E-state index in [0.717, 1.165) is 16.7 Å². The van der Waals surface area contributed by atoms with Crippen molar-refractivity contribution in [2.45, 2.75) is 20.0 Å². The van der Waals surface area contributed by atoms with Crippen molar-refractivity contribution in [2.24, 2.45) is 4.99 Å². The third kappa shape index (κ3) is 6.42. The summed E-state index contributed by atoms with van der Waals surface area (Å²) in [6, 6.07) is 19.4. The van der Waals surface area contributed by atoms with Crippen LogP contribution in [-0.4, -0.2) is 40.7 Å². The number of allylic oxidation sites excluding steroid dienone is 1. The Morgan fingerprint density at radius 3 is 2.67 bits per heavy atom. The van der Waals surface area contributed by atoms with Gasteiger partial charge in [0.15, 0.2) is 16.7 Å². The Morgan fingerprint density at radius 2 is 1.95 bits per heavy atom. The Morgan fingerprint density at radius 1 is 1.15 bits per heavy atom. The molecule has 0 saturated carbocycles. The van der Waals surface area contributed by atoms with E-state index >= 15 is 0 Å². The number of hydrogen-bond donors (Lipinski definition) is 1. The molecule has 1 saturated heterocycles. The van der Waals surface area contributed by atoms with E-state index in [9.17, 15) is 20.0 Å². The van der Waals surface area contributed by atoms with Gasteiger partial charge in [-0.3, -0.25) is 9.69 Å². The Bertz CT molecular complexity index is 1570. The molecule has 1 heterocycles. The minimum Gasteiger partial charge on any atom is -0.490 e. The van der Waals surface area contributed by atoms with Crippen molar-refractivity contribution in [1.82, 2.24) is 4.90 Å². The van der Waals surface area contributed by atoms with Gasteiger partial charge in [0.1, 0.15) is 6.61 Å². The van der Waals surface area contributed by atoms with Gasteiger partial charge in [-0.1, -0.05) is 30.3 Å². The second-order valence-corrected chi connectivity index (χ2v) is 9.72. The average molecular weight is 554 g/mol. The maximum Gasteiger partial charge on any atom is 0.335 e. The van der Waals surface area contributed by atoms with Crippen LogP contribution in [0.25, 0.3) is 6.08 Å². The number of likely N-dealkylation sites (N-methyl/N-ethyl adjacent to an activating group) is 1. The van der Waals surface area contributed by atoms with Crippen molar-refractivity contribution in [3.8, 4) is 17.6 Å². The summed E-state index contributed by atoms with van der Waals surface area (Å²) in [5, 5.41) is 19.1. The number of amidine groups is 1. The van der Waals surface area contributed by atoms with E-state index in [4.69, 9.17) is 9.47 Å². The lowest BCUT2D eigenvalue weighted by Gasteiger charge is -2.17. The number of amides is 1. The summed E-state index contributed by atoms with van der Waals surface area (Å²) in [4.78, 5) is 30.8. The van der Waals surface area contributed by atoms with Gasteiger partial charge in [0.2, 0.25) is 0 Å². The fourth-order valence-electron chi connectivity index (χ4n) is 4.03. The molecule has 1 aliphatic heterocycles. The van der Waals surface area contributed by atoms with Gasteiger partial charge in [-0.15, -0.1) is 6.58 Å². The van der Waals surface area contributed by atoms with Crippen LogP contribution < -0.4 is 9.47 Å². The molecule has 8 nitrogen and oxygen atoms in total. The zero-order chi connectivity index (χ0) is 28.6. The molecule has 0 aliphatic carbocycles. The topological polar surface area (TPSA) is 112 Å². The number of carbonyl (C=O) groups excluding carboxylic acids is 1. The number of aromatic carboxylic acids is 1. The quantitative estimate of drug-likeness (QED) is 0.235. The Kier molecular flexibility index (Phi) is 9.04. The average Bonchev–Trinajstić information content (AvgIpc) is 3.20. The van der Waals surface area contributed by atoms with E-state index in [-0.39, 0.29) is 18.1 Å². The molecule has 0 radical (unpaired) electrons. The Hall–Kier alpha value is -4.81. The monoisotopic (exact) mass is 553 g/mol. The molecule has 4 rings (SSSR count). The molecule has 1 N–H and O–H groups in total. The van der Waals surface area contributed by atoms with Gasteiger partial charge in [-0.25, -0.2) is 9.79 Å². The van der Waals surface area contributed by atoms with E-state index in [1.807, 2.05) is 37.3 Å². The maximum atomic E-state index is 13.1. The lowest BCUT2D eigenvalue weighted by atomic mass is 10.0. The summed E-state index contributed by atoms with van der Waals surface area (Å²) in [5.74, 6) is -0.200. The molecule has 1 fully saturated rings. The summed E-state index contributed by atoms with van der Waals surface area (Å²) in [7, 11) is 1.63. The Labute approximate surface area is 236 Å². The minimum absolute atomic E-state index is 0.117. The van der Waals surface area contributed by atoms with Gasteiger partial charge in [0, 0.05) is 18.2 Å². The highest BCUT2D eigenvalue weighted by atomic mass is 32.2. The van der Waals surface area contributed by atoms with Crippen LogP contribution in [0.15, 0.2) is 83.2 Å². The van der Waals surface area contributed by atoms with Crippen LogP contribution in [0.1, 0.15) is 39.5 Å².